The van der Waals surface area contributed by atoms with E-state index in [0.29, 0.717) is 18.9 Å². The first-order valence-corrected chi connectivity index (χ1v) is 12.8. The minimum absolute atomic E-state index is 0.0327. The maximum absolute atomic E-state index is 12.1. The molecule has 0 aliphatic carbocycles. The van der Waals surface area contributed by atoms with E-state index < -0.39 is 0 Å². The number of carbonyl (C=O) groups excluding carboxylic acids is 1. The molecule has 168 valence electrons. The highest BCUT2D eigenvalue weighted by Gasteiger charge is 2.12. The van der Waals surface area contributed by atoms with Gasteiger partial charge in [-0.25, -0.2) is 0 Å². The van der Waals surface area contributed by atoms with Crippen molar-refractivity contribution in [1.29, 1.82) is 0 Å². The van der Waals surface area contributed by atoms with Gasteiger partial charge in [-0.15, -0.1) is 0 Å². The largest absolute Gasteiger partial charge is 0.465 e. The van der Waals surface area contributed by atoms with Gasteiger partial charge in [0.2, 0.25) is 0 Å². The summed E-state index contributed by atoms with van der Waals surface area (Å²) >= 11 is 0. The lowest BCUT2D eigenvalue weighted by molar-refractivity contribution is -0.145. The van der Waals surface area contributed by atoms with Crippen LogP contribution in [0.15, 0.2) is 0 Å². The average molecular weight is 397 g/mol. The van der Waals surface area contributed by atoms with E-state index >= 15 is 0 Å². The Morgan fingerprint density at radius 3 is 1.68 bits per heavy atom. The van der Waals surface area contributed by atoms with Crippen molar-refractivity contribution >= 4 is 5.97 Å². The van der Waals surface area contributed by atoms with E-state index in [0.717, 1.165) is 12.3 Å². The molecule has 0 saturated carbocycles. The average Bonchev–Trinajstić information content (AvgIpc) is 2.67. The van der Waals surface area contributed by atoms with Crippen LogP contribution in [0.25, 0.3) is 0 Å². The lowest BCUT2D eigenvalue weighted by atomic mass is 9.95. The maximum atomic E-state index is 12.1. The summed E-state index contributed by atoms with van der Waals surface area (Å²) in [5.41, 5.74) is 0. The van der Waals surface area contributed by atoms with Crippen LogP contribution in [0.4, 0.5) is 0 Å². The third kappa shape index (κ3) is 20.2. The Kier molecular flexibility index (Phi) is 20.8. The Bertz CT molecular complexity index is 324. The zero-order valence-corrected chi connectivity index (χ0v) is 19.9. The summed E-state index contributed by atoms with van der Waals surface area (Å²) in [6.45, 7) is 9.75. The lowest BCUT2D eigenvalue weighted by Crippen LogP contribution is -2.14. The monoisotopic (exact) mass is 396 g/mol. The van der Waals surface area contributed by atoms with E-state index in [1.165, 1.54) is 103 Å². The maximum Gasteiger partial charge on any atom is 0.305 e. The molecule has 0 aromatic heterocycles. The Labute approximate surface area is 177 Å². The van der Waals surface area contributed by atoms with Crippen molar-refractivity contribution in [3.05, 3.63) is 0 Å². The van der Waals surface area contributed by atoms with Gasteiger partial charge >= 0.3 is 5.97 Å². The zero-order chi connectivity index (χ0) is 20.9. The van der Waals surface area contributed by atoms with Crippen LogP contribution in [0.5, 0.6) is 0 Å². The molecule has 0 aromatic rings. The third-order valence-corrected chi connectivity index (χ3v) is 5.82. The number of rotatable bonds is 21. The van der Waals surface area contributed by atoms with Crippen LogP contribution in [0.2, 0.25) is 0 Å². The summed E-state index contributed by atoms with van der Waals surface area (Å²) < 4.78 is 5.66. The molecular formula is C26H52O2. The van der Waals surface area contributed by atoms with E-state index in [1.54, 1.807) is 0 Å². The van der Waals surface area contributed by atoms with Gasteiger partial charge in [-0.1, -0.05) is 118 Å². The molecule has 0 rings (SSSR count). The van der Waals surface area contributed by atoms with Crippen LogP contribution < -0.4 is 0 Å². The van der Waals surface area contributed by atoms with Gasteiger partial charge in [-0.3, -0.25) is 4.79 Å². The second kappa shape index (κ2) is 21.2. The molecule has 0 radical (unpaired) electrons. The van der Waals surface area contributed by atoms with E-state index in [9.17, 15) is 4.79 Å². The van der Waals surface area contributed by atoms with Crippen LogP contribution in [0.1, 0.15) is 143 Å². The molecule has 0 N–H and O–H groups in total. The molecule has 0 fully saturated rings. The standard InChI is InChI=1S/C26H52O2/c1-5-7-9-11-12-17-21-25(20-16-10-8-6-2)23-28-26(27)22-18-14-13-15-19-24(3)4/h24-25H,5-23H2,1-4H3. The van der Waals surface area contributed by atoms with Gasteiger partial charge in [0.1, 0.15) is 0 Å². The van der Waals surface area contributed by atoms with Crippen LogP contribution in [0, 0.1) is 11.8 Å². The Hall–Kier alpha value is -0.530. The summed E-state index contributed by atoms with van der Waals surface area (Å²) in [6.07, 6.45) is 22.4. The van der Waals surface area contributed by atoms with Crippen LogP contribution in [-0.2, 0) is 9.53 Å². The van der Waals surface area contributed by atoms with Crippen LogP contribution in [0.3, 0.4) is 0 Å². The van der Waals surface area contributed by atoms with Crippen molar-refractivity contribution in [3.8, 4) is 0 Å². The molecule has 0 heterocycles. The number of hydrogen-bond acceptors (Lipinski definition) is 2. The topological polar surface area (TPSA) is 26.3 Å². The first kappa shape index (κ1) is 27.5. The first-order valence-electron chi connectivity index (χ1n) is 12.8. The number of esters is 1. The fourth-order valence-electron chi connectivity index (χ4n) is 3.84. The Balaban J connectivity index is 3.90. The lowest BCUT2D eigenvalue weighted by Gasteiger charge is -2.17. The predicted octanol–water partition coefficient (Wildman–Crippen LogP) is 8.86. The van der Waals surface area contributed by atoms with Gasteiger partial charge in [0, 0.05) is 6.42 Å². The molecule has 0 bridgehead atoms. The predicted molar refractivity (Wildman–Crippen MR) is 124 cm³/mol. The highest BCUT2D eigenvalue weighted by molar-refractivity contribution is 5.69. The highest BCUT2D eigenvalue weighted by atomic mass is 16.5. The van der Waals surface area contributed by atoms with E-state index in [2.05, 4.69) is 27.7 Å². The minimum Gasteiger partial charge on any atom is -0.465 e. The Morgan fingerprint density at radius 2 is 1.11 bits per heavy atom. The molecule has 2 nitrogen and oxygen atoms in total. The zero-order valence-electron chi connectivity index (χ0n) is 19.9. The molecule has 1 atom stereocenters. The second-order valence-corrected chi connectivity index (χ2v) is 9.30. The van der Waals surface area contributed by atoms with Gasteiger partial charge in [-0.05, 0) is 31.1 Å². The SMILES string of the molecule is CCCCCCCCC(CCCCCC)COC(=O)CCCCCCC(C)C. The van der Waals surface area contributed by atoms with Crippen molar-refractivity contribution < 1.29 is 9.53 Å². The molecule has 1 unspecified atom stereocenters. The molecule has 0 amide bonds. The molecule has 0 saturated heterocycles. The minimum atomic E-state index is 0.0327. The first-order chi connectivity index (χ1) is 13.6. The molecule has 0 aliphatic heterocycles. The molecule has 28 heavy (non-hydrogen) atoms. The van der Waals surface area contributed by atoms with Gasteiger partial charge in [0.05, 0.1) is 6.61 Å². The van der Waals surface area contributed by atoms with Gasteiger partial charge < -0.3 is 4.74 Å². The summed E-state index contributed by atoms with van der Waals surface area (Å²) in [5.74, 6) is 1.41. The van der Waals surface area contributed by atoms with Crippen LogP contribution in [-0.4, -0.2) is 12.6 Å². The summed E-state index contributed by atoms with van der Waals surface area (Å²) in [5, 5.41) is 0. The van der Waals surface area contributed by atoms with E-state index in [4.69, 9.17) is 4.74 Å². The summed E-state index contributed by atoms with van der Waals surface area (Å²) in [6, 6.07) is 0. The van der Waals surface area contributed by atoms with Gasteiger partial charge in [-0.2, -0.15) is 0 Å². The summed E-state index contributed by atoms with van der Waals surface area (Å²) in [4.78, 5) is 12.1. The molecule has 2 heteroatoms. The smallest absolute Gasteiger partial charge is 0.305 e. The van der Waals surface area contributed by atoms with Crippen molar-refractivity contribution in [2.75, 3.05) is 6.61 Å². The van der Waals surface area contributed by atoms with Crippen molar-refractivity contribution in [1.82, 2.24) is 0 Å². The Morgan fingerprint density at radius 1 is 0.643 bits per heavy atom. The van der Waals surface area contributed by atoms with Crippen LogP contribution >= 0.6 is 0 Å². The summed E-state index contributed by atoms with van der Waals surface area (Å²) in [7, 11) is 0. The van der Waals surface area contributed by atoms with E-state index in [1.807, 2.05) is 0 Å². The van der Waals surface area contributed by atoms with Gasteiger partial charge in [0.15, 0.2) is 0 Å². The second-order valence-electron chi connectivity index (χ2n) is 9.30. The number of ether oxygens (including phenoxy) is 1. The molecular weight excluding hydrogens is 344 g/mol. The molecule has 0 aromatic carbocycles. The normalized spacial score (nSPS) is 12.5. The van der Waals surface area contributed by atoms with Gasteiger partial charge in [0.25, 0.3) is 0 Å². The number of hydrogen-bond donors (Lipinski definition) is 0. The molecule has 0 spiro atoms. The van der Waals surface area contributed by atoms with Crippen molar-refractivity contribution in [2.24, 2.45) is 11.8 Å². The third-order valence-electron chi connectivity index (χ3n) is 5.82. The quantitative estimate of drug-likeness (QED) is 0.143. The highest BCUT2D eigenvalue weighted by Crippen LogP contribution is 2.20. The molecule has 0 aliphatic rings. The number of unbranched alkanes of at least 4 members (excludes halogenated alkanes) is 11. The number of carbonyl (C=O) groups is 1. The van der Waals surface area contributed by atoms with E-state index in [-0.39, 0.29) is 5.97 Å². The fraction of sp³-hybridized carbons (Fsp3) is 0.962. The van der Waals surface area contributed by atoms with Crippen molar-refractivity contribution in [2.45, 2.75) is 143 Å². The van der Waals surface area contributed by atoms with Crippen molar-refractivity contribution in [3.63, 3.8) is 0 Å². The fourth-order valence-corrected chi connectivity index (χ4v) is 3.84.